The molecule has 0 aromatic carbocycles. The first-order valence-corrected chi connectivity index (χ1v) is 5.15. The van der Waals surface area contributed by atoms with Gasteiger partial charge in [0.2, 0.25) is 0 Å². The van der Waals surface area contributed by atoms with E-state index in [1.807, 2.05) is 0 Å². The Labute approximate surface area is 88.2 Å². The largest absolute Gasteiger partial charge is 0.379 e. The number of hydrogen-bond donors (Lipinski definition) is 1. The average Bonchev–Trinajstić information content (AvgIpc) is 2.75. The van der Waals surface area contributed by atoms with Gasteiger partial charge in [-0.2, -0.15) is 0 Å². The highest BCUT2D eigenvalue weighted by Crippen LogP contribution is 1.98. The minimum Gasteiger partial charge on any atom is -0.379 e. The first-order valence-electron chi connectivity index (χ1n) is 5.15. The molecule has 7 nitrogen and oxygen atoms in total. The van der Waals surface area contributed by atoms with Crippen molar-refractivity contribution < 1.29 is 4.74 Å². The lowest BCUT2D eigenvalue weighted by molar-refractivity contribution is 0.0358. The maximum absolute atomic E-state index is 5.51. The minimum atomic E-state index is 0.385. The van der Waals surface area contributed by atoms with E-state index < -0.39 is 0 Å². The molecule has 0 atom stereocenters. The molecule has 0 unspecified atom stereocenters. The van der Waals surface area contributed by atoms with E-state index in [1.165, 1.54) is 0 Å². The fraction of sp³-hybridized carbons (Fsp3) is 0.875. The van der Waals surface area contributed by atoms with Crippen molar-refractivity contribution in [2.75, 3.05) is 32.8 Å². The van der Waals surface area contributed by atoms with Gasteiger partial charge < -0.3 is 10.5 Å². The maximum Gasteiger partial charge on any atom is 0.164 e. The number of ether oxygens (including phenoxy) is 1. The van der Waals surface area contributed by atoms with Gasteiger partial charge in [-0.15, -0.1) is 5.10 Å². The van der Waals surface area contributed by atoms with E-state index in [1.54, 1.807) is 4.68 Å². The fourth-order valence-corrected chi connectivity index (χ4v) is 1.60. The molecule has 1 aromatic rings. The van der Waals surface area contributed by atoms with Crippen LogP contribution < -0.4 is 5.73 Å². The molecule has 1 aliphatic heterocycles. The summed E-state index contributed by atoms with van der Waals surface area (Å²) in [5.41, 5.74) is 5.51. The van der Waals surface area contributed by atoms with Crippen molar-refractivity contribution in [2.24, 2.45) is 5.73 Å². The Morgan fingerprint density at radius 1 is 1.27 bits per heavy atom. The lowest BCUT2D eigenvalue weighted by atomic mass is 10.4. The smallest absolute Gasteiger partial charge is 0.164 e. The summed E-state index contributed by atoms with van der Waals surface area (Å²) in [5.74, 6) is 0.739. The predicted octanol–water partition coefficient (Wildman–Crippen LogP) is -1.54. The topological polar surface area (TPSA) is 82.1 Å². The lowest BCUT2D eigenvalue weighted by Gasteiger charge is -2.26. The Kier molecular flexibility index (Phi) is 3.59. The third kappa shape index (κ3) is 2.71. The second-order valence-corrected chi connectivity index (χ2v) is 3.48. The maximum atomic E-state index is 5.51. The highest BCUT2D eigenvalue weighted by atomic mass is 16.5. The van der Waals surface area contributed by atoms with Crippen LogP contribution in [0.1, 0.15) is 5.82 Å². The van der Waals surface area contributed by atoms with Gasteiger partial charge in [-0.1, -0.05) is 0 Å². The molecule has 2 rings (SSSR count). The van der Waals surface area contributed by atoms with Crippen LogP contribution in [0.4, 0.5) is 0 Å². The van der Waals surface area contributed by atoms with E-state index in [4.69, 9.17) is 10.5 Å². The zero-order valence-electron chi connectivity index (χ0n) is 8.67. The first-order chi connectivity index (χ1) is 7.40. The Hall–Kier alpha value is -1.05. The number of tetrazole rings is 1. The molecule has 0 saturated carbocycles. The van der Waals surface area contributed by atoms with Crippen LogP contribution in [0.2, 0.25) is 0 Å². The lowest BCUT2D eigenvalue weighted by Crippen LogP contribution is -2.38. The van der Waals surface area contributed by atoms with Crippen molar-refractivity contribution in [2.45, 2.75) is 13.1 Å². The van der Waals surface area contributed by atoms with Gasteiger partial charge in [0.25, 0.3) is 0 Å². The van der Waals surface area contributed by atoms with Gasteiger partial charge in [-0.3, -0.25) is 4.90 Å². The summed E-state index contributed by atoms with van der Waals surface area (Å²) >= 11 is 0. The third-order valence-electron chi connectivity index (χ3n) is 2.52. The van der Waals surface area contributed by atoms with Gasteiger partial charge in [0.1, 0.15) is 0 Å². The van der Waals surface area contributed by atoms with Crippen LogP contribution in [0.25, 0.3) is 0 Å². The van der Waals surface area contributed by atoms with Crippen molar-refractivity contribution in [1.82, 2.24) is 25.1 Å². The van der Waals surface area contributed by atoms with Crippen molar-refractivity contribution >= 4 is 0 Å². The van der Waals surface area contributed by atoms with Crippen LogP contribution in [-0.2, 0) is 17.8 Å². The Bertz CT molecular complexity index is 295. The second-order valence-electron chi connectivity index (χ2n) is 3.48. The Morgan fingerprint density at radius 3 is 2.80 bits per heavy atom. The quantitative estimate of drug-likeness (QED) is 0.651. The number of morpholine rings is 1. The van der Waals surface area contributed by atoms with Crippen LogP contribution in [0.5, 0.6) is 0 Å². The number of rotatable bonds is 4. The van der Waals surface area contributed by atoms with E-state index in [9.17, 15) is 0 Å². The molecule has 2 N–H and O–H groups in total. The number of aromatic nitrogens is 4. The summed E-state index contributed by atoms with van der Waals surface area (Å²) in [6, 6.07) is 0. The Morgan fingerprint density at radius 2 is 2.07 bits per heavy atom. The van der Waals surface area contributed by atoms with E-state index in [-0.39, 0.29) is 0 Å². The normalized spacial score (nSPS) is 18.2. The molecule has 2 heterocycles. The molecule has 1 saturated heterocycles. The van der Waals surface area contributed by atoms with Crippen LogP contribution in [0.3, 0.4) is 0 Å². The second kappa shape index (κ2) is 5.15. The molecule has 0 spiro atoms. The molecular formula is C8H16N6O. The fourth-order valence-electron chi connectivity index (χ4n) is 1.60. The van der Waals surface area contributed by atoms with E-state index in [0.717, 1.165) is 45.2 Å². The van der Waals surface area contributed by atoms with Crippen molar-refractivity contribution in [3.05, 3.63) is 5.82 Å². The number of hydrogen-bond acceptors (Lipinski definition) is 6. The molecule has 0 aliphatic carbocycles. The standard InChI is InChI=1S/C8H16N6O/c9-7-8-10-11-12-14(8)2-1-13-3-5-15-6-4-13/h1-7,9H2. The molecule has 7 heteroatoms. The third-order valence-corrected chi connectivity index (χ3v) is 2.52. The highest BCUT2D eigenvalue weighted by molar-refractivity contribution is 4.78. The van der Waals surface area contributed by atoms with Gasteiger partial charge in [0, 0.05) is 19.6 Å². The van der Waals surface area contributed by atoms with E-state index in [0.29, 0.717) is 6.54 Å². The molecule has 1 fully saturated rings. The summed E-state index contributed by atoms with van der Waals surface area (Å²) in [6.07, 6.45) is 0. The summed E-state index contributed by atoms with van der Waals surface area (Å²) < 4.78 is 7.03. The summed E-state index contributed by atoms with van der Waals surface area (Å²) in [4.78, 5) is 2.34. The molecule has 1 aliphatic rings. The molecular weight excluding hydrogens is 196 g/mol. The predicted molar refractivity (Wildman–Crippen MR) is 53.0 cm³/mol. The highest BCUT2D eigenvalue weighted by Gasteiger charge is 2.11. The SMILES string of the molecule is NCc1nnnn1CCN1CCOCC1. The van der Waals surface area contributed by atoms with Gasteiger partial charge in [-0.05, 0) is 10.4 Å². The van der Waals surface area contributed by atoms with Crippen LogP contribution in [-0.4, -0.2) is 58.0 Å². The number of nitrogens with two attached hydrogens (primary N) is 1. The summed E-state index contributed by atoms with van der Waals surface area (Å²) in [5, 5.41) is 11.3. The van der Waals surface area contributed by atoms with Crippen molar-refractivity contribution in [1.29, 1.82) is 0 Å². The van der Waals surface area contributed by atoms with Crippen LogP contribution >= 0.6 is 0 Å². The van der Waals surface area contributed by atoms with Gasteiger partial charge >= 0.3 is 0 Å². The van der Waals surface area contributed by atoms with E-state index in [2.05, 4.69) is 20.4 Å². The monoisotopic (exact) mass is 212 g/mol. The van der Waals surface area contributed by atoms with Crippen LogP contribution in [0.15, 0.2) is 0 Å². The summed E-state index contributed by atoms with van der Waals surface area (Å²) in [6.45, 7) is 5.73. The average molecular weight is 212 g/mol. The summed E-state index contributed by atoms with van der Waals surface area (Å²) in [7, 11) is 0. The van der Waals surface area contributed by atoms with Crippen molar-refractivity contribution in [3.8, 4) is 0 Å². The molecule has 0 bridgehead atoms. The minimum absolute atomic E-state index is 0.385. The van der Waals surface area contributed by atoms with Gasteiger partial charge in [-0.25, -0.2) is 4.68 Å². The number of nitrogens with zero attached hydrogens (tertiary/aromatic N) is 5. The van der Waals surface area contributed by atoms with Crippen molar-refractivity contribution in [3.63, 3.8) is 0 Å². The molecule has 0 amide bonds. The zero-order chi connectivity index (χ0) is 10.5. The van der Waals surface area contributed by atoms with Gasteiger partial charge in [0.15, 0.2) is 5.82 Å². The zero-order valence-corrected chi connectivity index (χ0v) is 8.67. The molecule has 84 valence electrons. The van der Waals surface area contributed by atoms with E-state index >= 15 is 0 Å². The molecule has 0 radical (unpaired) electrons. The molecule has 15 heavy (non-hydrogen) atoms. The van der Waals surface area contributed by atoms with Crippen LogP contribution in [0, 0.1) is 0 Å². The Balaban J connectivity index is 1.81. The molecule has 1 aromatic heterocycles. The first kappa shape index (κ1) is 10.5. The van der Waals surface area contributed by atoms with Gasteiger partial charge in [0.05, 0.1) is 26.3 Å².